The molecular formula is C11H16N2O2S. The molecule has 0 amide bonds. The molecule has 3 rings (SSSR count). The lowest BCUT2D eigenvalue weighted by Gasteiger charge is -2.36. The van der Waals surface area contributed by atoms with Gasteiger partial charge in [0.15, 0.2) is 5.13 Å². The summed E-state index contributed by atoms with van der Waals surface area (Å²) in [5.41, 5.74) is 5.66. The predicted molar refractivity (Wildman–Crippen MR) is 62.6 cm³/mol. The zero-order valence-corrected chi connectivity index (χ0v) is 9.96. The van der Waals surface area contributed by atoms with Gasteiger partial charge in [0.05, 0.1) is 12.2 Å². The molecule has 4 nitrogen and oxygen atoms in total. The molecule has 2 aliphatic heterocycles. The summed E-state index contributed by atoms with van der Waals surface area (Å²) < 4.78 is 11.4. The molecule has 0 aromatic carbocycles. The van der Waals surface area contributed by atoms with E-state index in [1.54, 1.807) is 11.3 Å². The third-order valence-corrected chi connectivity index (χ3v) is 4.49. The number of hydrogen-bond acceptors (Lipinski definition) is 5. The minimum absolute atomic E-state index is 0.0261. The Morgan fingerprint density at radius 3 is 3.12 bits per heavy atom. The van der Waals surface area contributed by atoms with Gasteiger partial charge in [-0.3, -0.25) is 0 Å². The van der Waals surface area contributed by atoms with Crippen LogP contribution < -0.4 is 5.73 Å². The minimum atomic E-state index is -0.0261. The molecule has 2 N–H and O–H groups in total. The van der Waals surface area contributed by atoms with Crippen LogP contribution in [0.1, 0.15) is 30.1 Å². The van der Waals surface area contributed by atoms with E-state index in [2.05, 4.69) is 4.98 Å². The van der Waals surface area contributed by atoms with Crippen molar-refractivity contribution in [3.8, 4) is 0 Å². The van der Waals surface area contributed by atoms with E-state index >= 15 is 0 Å². The van der Waals surface area contributed by atoms with E-state index in [0.717, 1.165) is 39.1 Å². The summed E-state index contributed by atoms with van der Waals surface area (Å²) in [4.78, 5) is 5.43. The van der Waals surface area contributed by atoms with Crippen molar-refractivity contribution in [1.29, 1.82) is 0 Å². The zero-order valence-electron chi connectivity index (χ0n) is 9.15. The van der Waals surface area contributed by atoms with Gasteiger partial charge in [-0.05, 0) is 18.8 Å². The van der Waals surface area contributed by atoms with E-state index in [9.17, 15) is 0 Å². The van der Waals surface area contributed by atoms with Crippen molar-refractivity contribution < 1.29 is 9.47 Å². The fraction of sp³-hybridized carbons (Fsp3) is 0.727. The van der Waals surface area contributed by atoms with Gasteiger partial charge in [0.1, 0.15) is 0 Å². The molecule has 3 heterocycles. The first kappa shape index (κ1) is 10.5. The Morgan fingerprint density at radius 1 is 1.50 bits per heavy atom. The smallest absolute Gasteiger partial charge is 0.180 e. The Labute approximate surface area is 98.8 Å². The molecule has 0 radical (unpaired) electrons. The average Bonchev–Trinajstić information content (AvgIpc) is 2.89. The van der Waals surface area contributed by atoms with Crippen molar-refractivity contribution in [3.05, 3.63) is 11.1 Å². The fourth-order valence-corrected chi connectivity index (χ4v) is 3.44. The van der Waals surface area contributed by atoms with Gasteiger partial charge in [0, 0.05) is 30.7 Å². The van der Waals surface area contributed by atoms with Crippen molar-refractivity contribution in [1.82, 2.24) is 4.98 Å². The van der Waals surface area contributed by atoms with E-state index in [4.69, 9.17) is 15.2 Å². The third-order valence-electron chi connectivity index (χ3n) is 3.50. The molecule has 88 valence electrons. The molecule has 0 aliphatic carbocycles. The lowest BCUT2D eigenvalue weighted by atomic mass is 9.85. The average molecular weight is 240 g/mol. The number of rotatable bonds is 1. The van der Waals surface area contributed by atoms with Gasteiger partial charge in [-0.25, -0.2) is 4.98 Å². The molecular weight excluding hydrogens is 224 g/mol. The van der Waals surface area contributed by atoms with Gasteiger partial charge in [0.25, 0.3) is 0 Å². The molecule has 2 atom stereocenters. The third kappa shape index (κ3) is 1.83. The van der Waals surface area contributed by atoms with Crippen molar-refractivity contribution in [3.63, 3.8) is 0 Å². The number of thiazole rings is 1. The Bertz CT molecular complexity index is 374. The standard InChI is InChI=1S/C11H16N2O2S/c12-10-13-6-9(16-10)8-1-3-15-11(5-8)2-4-14-7-11/h6,8H,1-5,7H2,(H2,12,13). The lowest BCUT2D eigenvalue weighted by Crippen LogP contribution is -2.39. The summed E-state index contributed by atoms with van der Waals surface area (Å²) in [6.07, 6.45) is 5.06. The van der Waals surface area contributed by atoms with Crippen LogP contribution in [0.5, 0.6) is 0 Å². The molecule has 2 unspecified atom stereocenters. The van der Waals surface area contributed by atoms with E-state index in [-0.39, 0.29) is 5.60 Å². The summed E-state index contributed by atoms with van der Waals surface area (Å²) in [5, 5.41) is 0.665. The fourth-order valence-electron chi connectivity index (χ4n) is 2.62. The first-order valence-corrected chi connectivity index (χ1v) is 6.52. The van der Waals surface area contributed by atoms with Crippen LogP contribution in [0.4, 0.5) is 5.13 Å². The number of ether oxygens (including phenoxy) is 2. The van der Waals surface area contributed by atoms with Crippen LogP contribution in [0.3, 0.4) is 0 Å². The number of nitrogen functional groups attached to an aromatic ring is 1. The summed E-state index contributed by atoms with van der Waals surface area (Å²) in [5.74, 6) is 0.547. The number of anilines is 1. The van der Waals surface area contributed by atoms with Crippen molar-refractivity contribution >= 4 is 16.5 Å². The Morgan fingerprint density at radius 2 is 2.44 bits per heavy atom. The van der Waals surface area contributed by atoms with Crippen LogP contribution in [0.2, 0.25) is 0 Å². The maximum Gasteiger partial charge on any atom is 0.180 e. The molecule has 2 aliphatic rings. The van der Waals surface area contributed by atoms with Gasteiger partial charge in [-0.2, -0.15) is 0 Å². The molecule has 1 aromatic heterocycles. The normalized spacial score (nSPS) is 34.6. The van der Waals surface area contributed by atoms with Crippen molar-refractivity contribution in [2.45, 2.75) is 30.8 Å². The summed E-state index contributed by atoms with van der Waals surface area (Å²) in [6.45, 7) is 2.40. The number of hydrogen-bond donors (Lipinski definition) is 1. The van der Waals surface area contributed by atoms with E-state index < -0.39 is 0 Å². The molecule has 16 heavy (non-hydrogen) atoms. The molecule has 5 heteroatoms. The number of aromatic nitrogens is 1. The van der Waals surface area contributed by atoms with E-state index in [1.165, 1.54) is 4.88 Å². The SMILES string of the molecule is Nc1ncc(C2CCOC3(CCOC3)C2)s1. The van der Waals surface area contributed by atoms with Gasteiger partial charge >= 0.3 is 0 Å². The second-order valence-corrected chi connectivity index (χ2v) is 5.72. The van der Waals surface area contributed by atoms with Crippen LogP contribution >= 0.6 is 11.3 Å². The highest BCUT2D eigenvalue weighted by atomic mass is 32.1. The topological polar surface area (TPSA) is 57.4 Å². The van der Waals surface area contributed by atoms with Gasteiger partial charge in [-0.1, -0.05) is 0 Å². The minimum Gasteiger partial charge on any atom is -0.378 e. The molecule has 2 fully saturated rings. The predicted octanol–water partition coefficient (Wildman–Crippen LogP) is 1.78. The van der Waals surface area contributed by atoms with Gasteiger partial charge < -0.3 is 15.2 Å². The number of nitrogens with zero attached hydrogens (tertiary/aromatic N) is 1. The quantitative estimate of drug-likeness (QED) is 0.813. The van der Waals surface area contributed by atoms with Crippen LogP contribution in [0.25, 0.3) is 0 Å². The number of nitrogens with two attached hydrogens (primary N) is 1. The van der Waals surface area contributed by atoms with E-state index in [1.807, 2.05) is 6.20 Å². The molecule has 1 aromatic rings. The Hall–Kier alpha value is -0.650. The maximum absolute atomic E-state index is 5.91. The maximum atomic E-state index is 5.91. The Balaban J connectivity index is 1.77. The van der Waals surface area contributed by atoms with Crippen LogP contribution in [-0.2, 0) is 9.47 Å². The van der Waals surface area contributed by atoms with Crippen LogP contribution in [0.15, 0.2) is 6.20 Å². The molecule has 0 bridgehead atoms. The van der Waals surface area contributed by atoms with E-state index in [0.29, 0.717) is 11.0 Å². The molecule has 2 saturated heterocycles. The second kappa shape index (κ2) is 3.98. The molecule has 1 spiro atoms. The second-order valence-electron chi connectivity index (χ2n) is 4.62. The highest BCUT2D eigenvalue weighted by Gasteiger charge is 2.41. The van der Waals surface area contributed by atoms with Crippen LogP contribution in [0, 0.1) is 0 Å². The van der Waals surface area contributed by atoms with Crippen LogP contribution in [-0.4, -0.2) is 30.4 Å². The van der Waals surface area contributed by atoms with Crippen molar-refractivity contribution in [2.75, 3.05) is 25.6 Å². The summed E-state index contributed by atoms with van der Waals surface area (Å²) in [6, 6.07) is 0. The largest absolute Gasteiger partial charge is 0.378 e. The first-order chi connectivity index (χ1) is 7.77. The monoisotopic (exact) mass is 240 g/mol. The zero-order chi connectivity index (χ0) is 11.0. The highest BCUT2D eigenvalue weighted by Crippen LogP contribution is 2.42. The summed E-state index contributed by atoms with van der Waals surface area (Å²) >= 11 is 1.61. The summed E-state index contributed by atoms with van der Waals surface area (Å²) in [7, 11) is 0. The van der Waals surface area contributed by atoms with Crippen molar-refractivity contribution in [2.24, 2.45) is 0 Å². The Kier molecular flexibility index (Phi) is 2.61. The molecule has 0 saturated carbocycles. The first-order valence-electron chi connectivity index (χ1n) is 5.70. The van der Waals surface area contributed by atoms with Gasteiger partial charge in [0.2, 0.25) is 0 Å². The lowest BCUT2D eigenvalue weighted by molar-refractivity contribution is -0.0860. The van der Waals surface area contributed by atoms with Gasteiger partial charge in [-0.15, -0.1) is 11.3 Å². The highest BCUT2D eigenvalue weighted by molar-refractivity contribution is 7.15.